The van der Waals surface area contributed by atoms with E-state index in [2.05, 4.69) is 0 Å². The lowest BCUT2D eigenvalue weighted by Gasteiger charge is -2.23. The molecule has 0 bridgehead atoms. The van der Waals surface area contributed by atoms with E-state index < -0.39 is 12.7 Å². The molecule has 0 aliphatic carbocycles. The molecule has 1 rings (SSSR count). The van der Waals surface area contributed by atoms with Gasteiger partial charge < -0.3 is 10.5 Å². The van der Waals surface area contributed by atoms with Gasteiger partial charge in [-0.15, -0.1) is 0 Å². The van der Waals surface area contributed by atoms with Crippen molar-refractivity contribution in [3.63, 3.8) is 0 Å². The fraction of sp³-hybridized carbons (Fsp3) is 1.00. The van der Waals surface area contributed by atoms with Gasteiger partial charge in [0.25, 0.3) is 0 Å². The van der Waals surface area contributed by atoms with E-state index in [1.54, 1.807) is 0 Å². The third-order valence-corrected chi connectivity index (χ3v) is 2.24. The molecule has 1 saturated heterocycles. The molecule has 0 aromatic heterocycles. The van der Waals surface area contributed by atoms with Crippen LogP contribution in [0.3, 0.4) is 0 Å². The Morgan fingerprint density at radius 1 is 1.43 bits per heavy atom. The monoisotopic (exact) mass is 212 g/mol. The maximum absolute atomic E-state index is 12.0. The van der Waals surface area contributed by atoms with Crippen LogP contribution in [0.4, 0.5) is 13.2 Å². The summed E-state index contributed by atoms with van der Waals surface area (Å²) < 4.78 is 41.0. The highest BCUT2D eigenvalue weighted by Gasteiger charge is 2.32. The van der Waals surface area contributed by atoms with Gasteiger partial charge in [-0.1, -0.05) is 0 Å². The molecule has 1 aliphatic rings. The first kappa shape index (κ1) is 11.7. The summed E-state index contributed by atoms with van der Waals surface area (Å²) in [5, 5.41) is 0. The molecule has 1 fully saturated rings. The van der Waals surface area contributed by atoms with Gasteiger partial charge in [-0.2, -0.15) is 13.2 Å². The molecule has 14 heavy (non-hydrogen) atoms. The topological polar surface area (TPSA) is 38.5 Å². The summed E-state index contributed by atoms with van der Waals surface area (Å²) in [5.74, 6) is 0.0161. The maximum atomic E-state index is 12.0. The van der Waals surface area contributed by atoms with Crippen molar-refractivity contribution >= 4 is 0 Å². The molecule has 1 heterocycles. The minimum Gasteiger partial charge on any atom is -0.379 e. The van der Waals surface area contributed by atoms with Crippen LogP contribution < -0.4 is 5.73 Å². The molecular weight excluding hydrogens is 197 g/mol. The van der Waals surface area contributed by atoms with Crippen LogP contribution in [-0.4, -0.2) is 50.5 Å². The predicted molar refractivity (Wildman–Crippen MR) is 45.8 cm³/mol. The van der Waals surface area contributed by atoms with Crippen molar-refractivity contribution in [2.24, 2.45) is 11.7 Å². The van der Waals surface area contributed by atoms with Crippen molar-refractivity contribution in [2.45, 2.75) is 12.2 Å². The van der Waals surface area contributed by atoms with Gasteiger partial charge in [-0.05, 0) is 7.05 Å². The molecule has 2 N–H and O–H groups in total. The first-order chi connectivity index (χ1) is 6.38. The largest absolute Gasteiger partial charge is 0.401 e. The fourth-order valence-electron chi connectivity index (χ4n) is 1.57. The van der Waals surface area contributed by atoms with Gasteiger partial charge in [0.05, 0.1) is 19.8 Å². The van der Waals surface area contributed by atoms with Crippen molar-refractivity contribution in [3.05, 3.63) is 0 Å². The number of nitrogens with zero attached hydrogens (tertiary/aromatic N) is 1. The number of hydrogen-bond donors (Lipinski definition) is 1. The van der Waals surface area contributed by atoms with Crippen LogP contribution in [0.25, 0.3) is 0 Å². The second-order valence-corrected chi connectivity index (χ2v) is 3.77. The van der Waals surface area contributed by atoms with Crippen molar-refractivity contribution in [2.75, 3.05) is 33.4 Å². The summed E-state index contributed by atoms with van der Waals surface area (Å²) in [6.07, 6.45) is -4.14. The van der Waals surface area contributed by atoms with Crippen molar-refractivity contribution < 1.29 is 17.9 Å². The Hall–Kier alpha value is -0.330. The van der Waals surface area contributed by atoms with Crippen molar-refractivity contribution in [3.8, 4) is 0 Å². The lowest BCUT2D eigenvalue weighted by atomic mass is 10.0. The average Bonchev–Trinajstić information content (AvgIpc) is 2.32. The summed E-state index contributed by atoms with van der Waals surface area (Å²) in [6.45, 7) is 0.352. The minimum absolute atomic E-state index is 0.0161. The van der Waals surface area contributed by atoms with Crippen molar-refractivity contribution in [1.29, 1.82) is 0 Å². The van der Waals surface area contributed by atoms with Crippen molar-refractivity contribution in [1.82, 2.24) is 4.90 Å². The number of nitrogens with two attached hydrogens (primary N) is 1. The fourth-order valence-corrected chi connectivity index (χ4v) is 1.57. The van der Waals surface area contributed by atoms with Gasteiger partial charge in [-0.3, -0.25) is 4.90 Å². The normalized spacial score (nSPS) is 28.7. The Kier molecular flexibility index (Phi) is 3.74. The van der Waals surface area contributed by atoms with Crippen LogP contribution in [-0.2, 0) is 4.74 Å². The average molecular weight is 212 g/mol. The molecule has 0 amide bonds. The van der Waals surface area contributed by atoms with Crippen LogP contribution in [0.1, 0.15) is 0 Å². The summed E-state index contributed by atoms with van der Waals surface area (Å²) in [7, 11) is 1.44. The van der Waals surface area contributed by atoms with Gasteiger partial charge in [-0.25, -0.2) is 0 Å². The van der Waals surface area contributed by atoms with Crippen LogP contribution in [0.15, 0.2) is 0 Å². The molecule has 3 nitrogen and oxygen atoms in total. The number of rotatable bonds is 3. The third kappa shape index (κ3) is 3.81. The van der Waals surface area contributed by atoms with E-state index in [-0.39, 0.29) is 12.0 Å². The molecule has 0 saturated carbocycles. The molecule has 0 spiro atoms. The maximum Gasteiger partial charge on any atom is 0.401 e. The lowest BCUT2D eigenvalue weighted by molar-refractivity contribution is -0.144. The second kappa shape index (κ2) is 4.46. The quantitative estimate of drug-likeness (QED) is 0.738. The van der Waals surface area contributed by atoms with E-state index in [1.165, 1.54) is 11.9 Å². The van der Waals surface area contributed by atoms with E-state index in [0.717, 1.165) is 0 Å². The first-order valence-corrected chi connectivity index (χ1v) is 4.47. The third-order valence-electron chi connectivity index (χ3n) is 2.24. The number of halogens is 3. The molecule has 2 atom stereocenters. The zero-order valence-corrected chi connectivity index (χ0v) is 8.05. The molecule has 0 radical (unpaired) electrons. The molecule has 6 heteroatoms. The Balaban J connectivity index is 2.29. The molecule has 84 valence electrons. The first-order valence-electron chi connectivity index (χ1n) is 4.47. The second-order valence-electron chi connectivity index (χ2n) is 3.77. The molecule has 2 unspecified atom stereocenters. The SMILES string of the molecule is CN(CC1COCC1N)CC(F)(F)F. The van der Waals surface area contributed by atoms with Gasteiger partial charge in [0, 0.05) is 18.5 Å². The molecule has 0 aromatic carbocycles. The van der Waals surface area contributed by atoms with E-state index >= 15 is 0 Å². The minimum atomic E-state index is -4.14. The Morgan fingerprint density at radius 2 is 2.07 bits per heavy atom. The highest BCUT2D eigenvalue weighted by Crippen LogP contribution is 2.18. The molecule has 0 aromatic rings. The van der Waals surface area contributed by atoms with E-state index in [1.807, 2.05) is 0 Å². The van der Waals surface area contributed by atoms with Gasteiger partial charge in [0.2, 0.25) is 0 Å². The zero-order chi connectivity index (χ0) is 10.8. The van der Waals surface area contributed by atoms with E-state index in [0.29, 0.717) is 19.8 Å². The Bertz CT molecular complexity index is 186. The van der Waals surface area contributed by atoms with Crippen LogP contribution in [0.5, 0.6) is 0 Å². The molecule has 1 aliphatic heterocycles. The highest BCUT2D eigenvalue weighted by molar-refractivity contribution is 4.80. The standard InChI is InChI=1S/C8H15F3N2O/c1-13(5-8(9,10)11)2-6-3-14-4-7(6)12/h6-7H,2-5,12H2,1H3. The van der Waals surface area contributed by atoms with E-state index in [9.17, 15) is 13.2 Å². The van der Waals surface area contributed by atoms with Crippen LogP contribution in [0.2, 0.25) is 0 Å². The smallest absolute Gasteiger partial charge is 0.379 e. The molecular formula is C8H15F3N2O. The lowest BCUT2D eigenvalue weighted by Crippen LogP contribution is -2.40. The Labute approximate surface area is 81.0 Å². The van der Waals surface area contributed by atoms with Gasteiger partial charge >= 0.3 is 6.18 Å². The summed E-state index contributed by atoms with van der Waals surface area (Å²) >= 11 is 0. The van der Waals surface area contributed by atoms with Crippen LogP contribution in [0, 0.1) is 5.92 Å². The highest BCUT2D eigenvalue weighted by atomic mass is 19.4. The number of hydrogen-bond acceptors (Lipinski definition) is 3. The van der Waals surface area contributed by atoms with E-state index in [4.69, 9.17) is 10.5 Å². The summed E-state index contributed by atoms with van der Waals surface area (Å²) in [4.78, 5) is 1.24. The summed E-state index contributed by atoms with van der Waals surface area (Å²) in [5.41, 5.74) is 5.66. The zero-order valence-electron chi connectivity index (χ0n) is 8.05. The predicted octanol–water partition coefficient (Wildman–Crippen LogP) is 0.454. The number of ether oxygens (including phenoxy) is 1. The van der Waals surface area contributed by atoms with Gasteiger partial charge in [0.15, 0.2) is 0 Å². The Morgan fingerprint density at radius 3 is 2.50 bits per heavy atom. The summed E-state index contributed by atoms with van der Waals surface area (Å²) in [6, 6.07) is -0.134. The van der Waals surface area contributed by atoms with Gasteiger partial charge in [0.1, 0.15) is 0 Å². The number of alkyl halides is 3. The van der Waals surface area contributed by atoms with Crippen LogP contribution >= 0.6 is 0 Å².